The molecular weight excluding hydrogens is 324 g/mol. The van der Waals surface area contributed by atoms with Crippen molar-refractivity contribution in [3.63, 3.8) is 0 Å². The summed E-state index contributed by atoms with van der Waals surface area (Å²) in [5.41, 5.74) is 6.60. The van der Waals surface area contributed by atoms with Crippen LogP contribution in [0.15, 0.2) is 29.2 Å². The Morgan fingerprint density at radius 2 is 2.00 bits per heavy atom. The van der Waals surface area contributed by atoms with Crippen LogP contribution < -0.4 is 10.5 Å². The lowest BCUT2D eigenvalue weighted by molar-refractivity contribution is 0.581. The van der Waals surface area contributed by atoms with E-state index in [1.807, 2.05) is 35.7 Å². The van der Waals surface area contributed by atoms with Gasteiger partial charge in [-0.15, -0.1) is 0 Å². The monoisotopic (exact) mass is 346 g/mol. The van der Waals surface area contributed by atoms with Crippen molar-refractivity contribution in [3.05, 3.63) is 29.8 Å². The van der Waals surface area contributed by atoms with Gasteiger partial charge < -0.3 is 5.73 Å². The van der Waals surface area contributed by atoms with Gasteiger partial charge >= 0.3 is 0 Å². The summed E-state index contributed by atoms with van der Waals surface area (Å²) in [6, 6.07) is 7.10. The molecule has 1 unspecified atom stereocenters. The van der Waals surface area contributed by atoms with Gasteiger partial charge in [-0.05, 0) is 37.1 Å². The third kappa shape index (κ3) is 5.49. The molecule has 118 valence electrons. The summed E-state index contributed by atoms with van der Waals surface area (Å²) >= 11 is 3.74. The van der Waals surface area contributed by atoms with Crippen LogP contribution in [-0.2, 0) is 16.4 Å². The third-order valence-electron chi connectivity index (χ3n) is 3.29. The van der Waals surface area contributed by atoms with E-state index in [-0.39, 0.29) is 0 Å². The molecule has 0 spiro atoms. The van der Waals surface area contributed by atoms with Crippen LogP contribution >= 0.6 is 23.5 Å². The fourth-order valence-electron chi connectivity index (χ4n) is 2.08. The van der Waals surface area contributed by atoms with Gasteiger partial charge in [-0.25, -0.2) is 13.1 Å². The first-order valence-corrected chi connectivity index (χ1v) is 10.8. The highest BCUT2D eigenvalue weighted by Gasteiger charge is 2.19. The standard InChI is InChI=1S/C14H22N2O2S3/c15-7-1-2-12-3-5-14(6-4-12)21(17,18)16-10-13-11-19-8-9-20-13/h3-6,13,16H,1-2,7-11,15H2. The van der Waals surface area contributed by atoms with Gasteiger partial charge in [-0.3, -0.25) is 0 Å². The number of aryl methyl sites for hydroxylation is 1. The van der Waals surface area contributed by atoms with E-state index >= 15 is 0 Å². The number of thioether (sulfide) groups is 2. The van der Waals surface area contributed by atoms with Gasteiger partial charge in [0, 0.05) is 29.1 Å². The predicted molar refractivity (Wildman–Crippen MR) is 92.6 cm³/mol. The van der Waals surface area contributed by atoms with E-state index in [0.717, 1.165) is 35.7 Å². The highest BCUT2D eigenvalue weighted by Crippen LogP contribution is 2.23. The minimum Gasteiger partial charge on any atom is -0.330 e. The Bertz CT molecular complexity index is 526. The fourth-order valence-corrected chi connectivity index (χ4v) is 5.88. The lowest BCUT2D eigenvalue weighted by Crippen LogP contribution is -2.33. The van der Waals surface area contributed by atoms with Crippen molar-refractivity contribution in [3.8, 4) is 0 Å². The Balaban J connectivity index is 1.91. The molecule has 7 heteroatoms. The van der Waals surface area contributed by atoms with E-state index in [0.29, 0.717) is 23.2 Å². The summed E-state index contributed by atoms with van der Waals surface area (Å²) in [6.45, 7) is 1.16. The maximum absolute atomic E-state index is 12.3. The first-order valence-electron chi connectivity index (χ1n) is 7.10. The van der Waals surface area contributed by atoms with Crippen molar-refractivity contribution in [2.24, 2.45) is 5.73 Å². The van der Waals surface area contributed by atoms with E-state index < -0.39 is 10.0 Å². The fraction of sp³-hybridized carbons (Fsp3) is 0.571. The van der Waals surface area contributed by atoms with Crippen LogP contribution in [0.3, 0.4) is 0 Å². The molecule has 1 atom stereocenters. The molecule has 2 rings (SSSR count). The van der Waals surface area contributed by atoms with Gasteiger partial charge in [-0.1, -0.05) is 12.1 Å². The first kappa shape index (κ1) is 17.1. The summed E-state index contributed by atoms with van der Waals surface area (Å²) in [7, 11) is -3.39. The van der Waals surface area contributed by atoms with Gasteiger partial charge in [0.2, 0.25) is 10.0 Å². The highest BCUT2D eigenvalue weighted by atomic mass is 32.2. The molecule has 1 aromatic rings. The summed E-state index contributed by atoms with van der Waals surface area (Å²) < 4.78 is 27.2. The summed E-state index contributed by atoms with van der Waals surface area (Å²) in [4.78, 5) is 0.340. The van der Waals surface area contributed by atoms with Gasteiger partial charge in [0.15, 0.2) is 0 Å². The molecule has 0 bridgehead atoms. The molecule has 3 N–H and O–H groups in total. The summed E-state index contributed by atoms with van der Waals surface area (Å²) in [6.07, 6.45) is 1.81. The minimum absolute atomic E-state index is 0.340. The largest absolute Gasteiger partial charge is 0.330 e. The van der Waals surface area contributed by atoms with Gasteiger partial charge in [0.1, 0.15) is 0 Å². The molecule has 21 heavy (non-hydrogen) atoms. The second-order valence-electron chi connectivity index (χ2n) is 4.96. The van der Waals surface area contributed by atoms with Crippen LogP contribution in [0.1, 0.15) is 12.0 Å². The molecule has 1 aromatic carbocycles. The summed E-state index contributed by atoms with van der Waals surface area (Å²) in [5.74, 6) is 3.29. The van der Waals surface area contributed by atoms with Crippen molar-refractivity contribution < 1.29 is 8.42 Å². The molecular formula is C14H22N2O2S3. The molecule has 1 aliphatic heterocycles. The zero-order valence-corrected chi connectivity index (χ0v) is 14.4. The Hall–Kier alpha value is -0.210. The van der Waals surface area contributed by atoms with E-state index in [4.69, 9.17) is 5.73 Å². The van der Waals surface area contributed by atoms with E-state index in [2.05, 4.69) is 4.72 Å². The van der Waals surface area contributed by atoms with E-state index in [1.165, 1.54) is 0 Å². The number of sulfonamides is 1. The first-order chi connectivity index (χ1) is 10.1. The van der Waals surface area contributed by atoms with Crippen LogP contribution in [0.5, 0.6) is 0 Å². The van der Waals surface area contributed by atoms with Crippen LogP contribution in [-0.4, -0.2) is 44.0 Å². The average molecular weight is 347 g/mol. The molecule has 0 aliphatic carbocycles. The third-order valence-corrected chi connectivity index (χ3v) is 7.57. The van der Waals surface area contributed by atoms with Crippen molar-refractivity contribution >= 4 is 33.5 Å². The van der Waals surface area contributed by atoms with Gasteiger partial charge in [-0.2, -0.15) is 23.5 Å². The zero-order chi connectivity index (χ0) is 15.1. The Labute approximate surface area is 135 Å². The number of benzene rings is 1. The lowest BCUT2D eigenvalue weighted by Gasteiger charge is -2.21. The van der Waals surface area contributed by atoms with Crippen molar-refractivity contribution in [2.75, 3.05) is 30.3 Å². The highest BCUT2D eigenvalue weighted by molar-refractivity contribution is 8.06. The molecule has 0 saturated carbocycles. The van der Waals surface area contributed by atoms with Gasteiger partial charge in [0.05, 0.1) is 4.90 Å². The normalized spacial score (nSPS) is 19.6. The van der Waals surface area contributed by atoms with Crippen molar-refractivity contribution in [2.45, 2.75) is 23.0 Å². The molecule has 1 fully saturated rings. The zero-order valence-electron chi connectivity index (χ0n) is 12.0. The van der Waals surface area contributed by atoms with Crippen molar-refractivity contribution in [1.29, 1.82) is 0 Å². The molecule has 4 nitrogen and oxygen atoms in total. The Morgan fingerprint density at radius 1 is 1.24 bits per heavy atom. The maximum Gasteiger partial charge on any atom is 0.240 e. The smallest absolute Gasteiger partial charge is 0.240 e. The second kappa shape index (κ2) is 8.43. The van der Waals surface area contributed by atoms with E-state index in [1.54, 1.807) is 12.1 Å². The van der Waals surface area contributed by atoms with E-state index in [9.17, 15) is 8.42 Å². The average Bonchev–Trinajstić information content (AvgIpc) is 2.52. The molecule has 0 amide bonds. The second-order valence-corrected chi connectivity index (χ2v) is 9.28. The maximum atomic E-state index is 12.3. The minimum atomic E-state index is -3.39. The number of hydrogen-bond acceptors (Lipinski definition) is 5. The SMILES string of the molecule is NCCCc1ccc(S(=O)(=O)NCC2CSCCS2)cc1. The Morgan fingerprint density at radius 3 is 2.62 bits per heavy atom. The van der Waals surface area contributed by atoms with Gasteiger partial charge in [0.25, 0.3) is 0 Å². The number of hydrogen-bond donors (Lipinski definition) is 2. The number of nitrogens with one attached hydrogen (secondary N) is 1. The van der Waals surface area contributed by atoms with Crippen LogP contribution in [0.4, 0.5) is 0 Å². The van der Waals surface area contributed by atoms with Crippen LogP contribution in [0.2, 0.25) is 0 Å². The predicted octanol–water partition coefficient (Wildman–Crippen LogP) is 1.70. The van der Waals surface area contributed by atoms with Crippen molar-refractivity contribution in [1.82, 2.24) is 4.72 Å². The van der Waals surface area contributed by atoms with Crippen LogP contribution in [0.25, 0.3) is 0 Å². The molecule has 1 heterocycles. The number of nitrogens with two attached hydrogens (primary N) is 1. The molecule has 0 aromatic heterocycles. The lowest BCUT2D eigenvalue weighted by atomic mass is 10.1. The Kier molecular flexibility index (Phi) is 6.88. The quantitative estimate of drug-likeness (QED) is 0.786. The number of rotatable bonds is 7. The molecule has 0 radical (unpaired) electrons. The summed E-state index contributed by atoms with van der Waals surface area (Å²) in [5, 5.41) is 0.377. The topological polar surface area (TPSA) is 72.2 Å². The molecule has 1 saturated heterocycles. The molecule has 1 aliphatic rings. The van der Waals surface area contributed by atoms with Crippen LogP contribution in [0, 0.1) is 0 Å².